The molecule has 3 aliphatic rings. The molecule has 3 heterocycles. The quantitative estimate of drug-likeness (QED) is 0.695. The molecular weight excluding hydrogens is 406 g/mol. The van der Waals surface area contributed by atoms with Crippen molar-refractivity contribution < 1.29 is 28.7 Å². The van der Waals surface area contributed by atoms with E-state index in [1.807, 2.05) is 0 Å². The van der Waals surface area contributed by atoms with Crippen molar-refractivity contribution >= 4 is 41.2 Å². The van der Waals surface area contributed by atoms with Crippen LogP contribution in [0.1, 0.15) is 12.8 Å². The minimum Gasteiger partial charge on any atom is -0.447 e. The first kappa shape index (κ1) is 20.6. The Bertz CT molecular complexity index is 910. The lowest BCUT2D eigenvalue weighted by molar-refractivity contribution is -0.146. The number of amides is 6. The van der Waals surface area contributed by atoms with E-state index in [1.54, 1.807) is 34.1 Å². The van der Waals surface area contributed by atoms with Crippen LogP contribution in [0.15, 0.2) is 24.3 Å². The number of ether oxygens (including phenoxy) is 1. The molecule has 0 aliphatic carbocycles. The normalized spacial score (nSPS) is 19.2. The molecule has 0 aromatic heterocycles. The molecule has 6 amide bonds. The molecule has 0 bridgehead atoms. The highest BCUT2D eigenvalue weighted by Gasteiger charge is 2.33. The maximum absolute atomic E-state index is 12.6. The van der Waals surface area contributed by atoms with Gasteiger partial charge in [0.15, 0.2) is 0 Å². The van der Waals surface area contributed by atoms with Crippen LogP contribution >= 0.6 is 0 Å². The summed E-state index contributed by atoms with van der Waals surface area (Å²) in [5.41, 5.74) is 1.19. The molecule has 3 aliphatic heterocycles. The van der Waals surface area contributed by atoms with Gasteiger partial charge in [0.05, 0.1) is 6.54 Å². The second-order valence-electron chi connectivity index (χ2n) is 7.49. The molecule has 1 N–H and O–H groups in total. The monoisotopic (exact) mass is 429 g/mol. The van der Waals surface area contributed by atoms with Crippen LogP contribution in [0.5, 0.6) is 0 Å². The molecule has 0 unspecified atom stereocenters. The van der Waals surface area contributed by atoms with Crippen LogP contribution in [-0.2, 0) is 19.1 Å². The first-order valence-corrected chi connectivity index (χ1v) is 10.1. The summed E-state index contributed by atoms with van der Waals surface area (Å²) in [5, 5.41) is 2.81. The van der Waals surface area contributed by atoms with Crippen molar-refractivity contribution in [2.45, 2.75) is 12.8 Å². The molecule has 1 aromatic carbocycles. The highest BCUT2D eigenvalue weighted by molar-refractivity contribution is 6.04. The topological polar surface area (TPSA) is 120 Å². The van der Waals surface area contributed by atoms with E-state index in [0.29, 0.717) is 50.7 Å². The number of hydrogen-bond acceptors (Lipinski definition) is 6. The highest BCUT2D eigenvalue weighted by Crippen LogP contribution is 2.23. The van der Waals surface area contributed by atoms with E-state index in [2.05, 4.69) is 5.32 Å². The van der Waals surface area contributed by atoms with Gasteiger partial charge in [0.2, 0.25) is 17.7 Å². The van der Waals surface area contributed by atoms with E-state index in [4.69, 9.17) is 4.74 Å². The molecule has 3 fully saturated rings. The fraction of sp³-hybridized carbons (Fsp3) is 0.450. The summed E-state index contributed by atoms with van der Waals surface area (Å²) >= 11 is 0. The first-order chi connectivity index (χ1) is 14.9. The predicted octanol–water partition coefficient (Wildman–Crippen LogP) is 0.468. The van der Waals surface area contributed by atoms with Crippen LogP contribution in [-0.4, -0.2) is 90.4 Å². The second kappa shape index (κ2) is 8.62. The van der Waals surface area contributed by atoms with Crippen LogP contribution in [0.25, 0.3) is 0 Å². The van der Waals surface area contributed by atoms with Gasteiger partial charge < -0.3 is 19.9 Å². The molecule has 3 saturated heterocycles. The van der Waals surface area contributed by atoms with Crippen molar-refractivity contribution in [3.05, 3.63) is 24.3 Å². The maximum Gasteiger partial charge on any atom is 0.414 e. The van der Waals surface area contributed by atoms with Crippen molar-refractivity contribution in [1.82, 2.24) is 14.7 Å². The van der Waals surface area contributed by atoms with Crippen molar-refractivity contribution in [3.63, 3.8) is 0 Å². The van der Waals surface area contributed by atoms with Crippen LogP contribution in [0.2, 0.25) is 0 Å². The summed E-state index contributed by atoms with van der Waals surface area (Å²) < 4.78 is 4.94. The number of urea groups is 1. The van der Waals surface area contributed by atoms with Crippen LogP contribution < -0.4 is 10.2 Å². The van der Waals surface area contributed by atoms with E-state index in [0.717, 1.165) is 4.90 Å². The maximum atomic E-state index is 12.6. The third kappa shape index (κ3) is 4.44. The largest absolute Gasteiger partial charge is 0.447 e. The number of nitrogens with zero attached hydrogens (tertiary/aromatic N) is 4. The van der Waals surface area contributed by atoms with Crippen LogP contribution in [0, 0.1) is 0 Å². The van der Waals surface area contributed by atoms with E-state index in [9.17, 15) is 24.0 Å². The van der Waals surface area contributed by atoms with Gasteiger partial charge in [-0.3, -0.25) is 24.2 Å². The Hall–Kier alpha value is -3.63. The van der Waals surface area contributed by atoms with Crippen LogP contribution in [0.4, 0.5) is 21.0 Å². The number of imide groups is 1. The number of hydrogen-bond donors (Lipinski definition) is 1. The zero-order valence-corrected chi connectivity index (χ0v) is 16.9. The highest BCUT2D eigenvalue weighted by atomic mass is 16.6. The lowest BCUT2D eigenvalue weighted by atomic mass is 10.2. The molecule has 11 nitrogen and oxygen atoms in total. The number of likely N-dealkylation sites (tertiary alicyclic amines) is 1. The number of anilines is 2. The summed E-state index contributed by atoms with van der Waals surface area (Å²) in [6.07, 6.45) is -0.109. The minimum absolute atomic E-state index is 0.153. The smallest absolute Gasteiger partial charge is 0.414 e. The SMILES string of the molecule is O=C(CN1C(=O)CCC1=O)N1CCN(C(=O)Nc2cccc(N3CCOC3=O)c2)CC1. The Morgan fingerprint density at radius 2 is 1.61 bits per heavy atom. The summed E-state index contributed by atoms with van der Waals surface area (Å²) in [5.74, 6) is -0.935. The zero-order chi connectivity index (χ0) is 22.0. The number of carbonyl (C=O) groups excluding carboxylic acids is 5. The summed E-state index contributed by atoms with van der Waals surface area (Å²) in [7, 11) is 0. The Morgan fingerprint density at radius 1 is 0.935 bits per heavy atom. The molecule has 4 rings (SSSR count). The Balaban J connectivity index is 1.28. The number of benzene rings is 1. The standard InChI is InChI=1S/C20H23N5O6/c26-16-4-5-17(27)25(16)13-18(28)22-6-8-23(9-7-22)19(29)21-14-2-1-3-15(12-14)24-10-11-31-20(24)30/h1-3,12H,4-11,13H2,(H,21,29). The summed E-state index contributed by atoms with van der Waals surface area (Å²) in [4.78, 5) is 65.8. The van der Waals surface area contributed by atoms with E-state index in [1.165, 1.54) is 4.90 Å². The summed E-state index contributed by atoms with van der Waals surface area (Å²) in [6, 6.07) is 6.63. The van der Waals surface area contributed by atoms with Gasteiger partial charge in [-0.05, 0) is 18.2 Å². The van der Waals surface area contributed by atoms with E-state index < -0.39 is 6.09 Å². The molecule has 164 valence electrons. The molecule has 0 radical (unpaired) electrons. The molecular formula is C20H23N5O6. The van der Waals surface area contributed by atoms with E-state index in [-0.39, 0.29) is 43.1 Å². The third-order valence-corrected chi connectivity index (χ3v) is 5.54. The van der Waals surface area contributed by atoms with Gasteiger partial charge in [-0.15, -0.1) is 0 Å². The number of piperazine rings is 1. The van der Waals surface area contributed by atoms with Gasteiger partial charge in [-0.25, -0.2) is 9.59 Å². The van der Waals surface area contributed by atoms with Crippen molar-refractivity contribution in [3.8, 4) is 0 Å². The average Bonchev–Trinajstić information content (AvgIpc) is 3.34. The summed E-state index contributed by atoms with van der Waals surface area (Å²) in [6.45, 7) is 1.86. The Kier molecular flexibility index (Phi) is 5.74. The van der Waals surface area contributed by atoms with Gasteiger partial charge >= 0.3 is 12.1 Å². The number of nitrogens with one attached hydrogen (secondary N) is 1. The first-order valence-electron chi connectivity index (χ1n) is 10.1. The molecule has 0 saturated carbocycles. The van der Waals surface area contributed by atoms with Crippen molar-refractivity contribution in [2.75, 3.05) is 56.1 Å². The van der Waals surface area contributed by atoms with Gasteiger partial charge in [0, 0.05) is 50.4 Å². The van der Waals surface area contributed by atoms with Crippen molar-refractivity contribution in [2.24, 2.45) is 0 Å². The molecule has 31 heavy (non-hydrogen) atoms. The fourth-order valence-corrected chi connectivity index (χ4v) is 3.78. The minimum atomic E-state index is -0.415. The Morgan fingerprint density at radius 3 is 2.26 bits per heavy atom. The van der Waals surface area contributed by atoms with Crippen molar-refractivity contribution in [1.29, 1.82) is 0 Å². The van der Waals surface area contributed by atoms with Gasteiger partial charge in [-0.2, -0.15) is 0 Å². The molecule has 1 aromatic rings. The van der Waals surface area contributed by atoms with Gasteiger partial charge in [0.25, 0.3) is 0 Å². The lowest BCUT2D eigenvalue weighted by Crippen LogP contribution is -2.53. The third-order valence-electron chi connectivity index (χ3n) is 5.54. The van der Waals surface area contributed by atoms with Crippen LogP contribution in [0.3, 0.4) is 0 Å². The predicted molar refractivity (Wildman–Crippen MR) is 108 cm³/mol. The van der Waals surface area contributed by atoms with E-state index >= 15 is 0 Å². The number of rotatable bonds is 4. The number of carbonyl (C=O) groups is 5. The molecule has 11 heteroatoms. The lowest BCUT2D eigenvalue weighted by Gasteiger charge is -2.35. The fourth-order valence-electron chi connectivity index (χ4n) is 3.78. The molecule has 0 atom stereocenters. The van der Waals surface area contributed by atoms with Gasteiger partial charge in [0.1, 0.15) is 13.2 Å². The number of cyclic esters (lactones) is 1. The second-order valence-corrected chi connectivity index (χ2v) is 7.49. The zero-order valence-electron chi connectivity index (χ0n) is 16.9. The molecule has 0 spiro atoms. The van der Waals surface area contributed by atoms with Gasteiger partial charge in [-0.1, -0.05) is 6.07 Å². The Labute approximate surface area is 178 Å². The average molecular weight is 429 g/mol.